The van der Waals surface area contributed by atoms with E-state index in [1.807, 2.05) is 46.8 Å². The normalized spacial score (nSPS) is 15.6. The molecule has 0 spiro atoms. The van der Waals surface area contributed by atoms with Crippen molar-refractivity contribution in [3.63, 3.8) is 0 Å². The highest BCUT2D eigenvalue weighted by molar-refractivity contribution is 5.84. The van der Waals surface area contributed by atoms with Gasteiger partial charge in [-0.15, -0.1) is 0 Å². The molecule has 0 bridgehead atoms. The third kappa shape index (κ3) is 4.74. The summed E-state index contributed by atoms with van der Waals surface area (Å²) in [5.74, 6) is 0.506. The van der Waals surface area contributed by atoms with Crippen LogP contribution in [0.1, 0.15) is 45.2 Å². The van der Waals surface area contributed by atoms with E-state index in [9.17, 15) is 4.79 Å². The van der Waals surface area contributed by atoms with Gasteiger partial charge < -0.3 is 15.8 Å². The number of carbonyl (C=O) groups is 1. The number of hydrogen-bond donors (Lipinski definition) is 2. The van der Waals surface area contributed by atoms with E-state index in [1.54, 1.807) is 0 Å². The Labute approximate surface area is 128 Å². The van der Waals surface area contributed by atoms with Crippen molar-refractivity contribution in [2.24, 2.45) is 5.73 Å². The summed E-state index contributed by atoms with van der Waals surface area (Å²) in [6, 6.07) is 6.16. The van der Waals surface area contributed by atoms with E-state index in [2.05, 4.69) is 18.3 Å². The number of ether oxygens (including phenoxy) is 1. The van der Waals surface area contributed by atoms with E-state index in [1.165, 1.54) is 5.56 Å². The molecule has 0 aliphatic rings. The van der Waals surface area contributed by atoms with Crippen LogP contribution in [0, 0.1) is 13.8 Å². The van der Waals surface area contributed by atoms with Gasteiger partial charge in [-0.3, -0.25) is 4.79 Å². The molecule has 0 saturated heterocycles. The molecule has 1 rings (SSSR count). The van der Waals surface area contributed by atoms with Gasteiger partial charge in [0, 0.05) is 12.5 Å². The molecule has 2 atom stereocenters. The molecule has 0 heterocycles. The van der Waals surface area contributed by atoms with Gasteiger partial charge in [0.2, 0.25) is 5.91 Å². The van der Waals surface area contributed by atoms with Crippen LogP contribution in [-0.4, -0.2) is 23.6 Å². The third-order valence-electron chi connectivity index (χ3n) is 3.73. The van der Waals surface area contributed by atoms with Crippen LogP contribution in [0.3, 0.4) is 0 Å². The van der Waals surface area contributed by atoms with Gasteiger partial charge in [0.25, 0.3) is 0 Å². The van der Waals surface area contributed by atoms with Crippen molar-refractivity contribution in [1.29, 1.82) is 0 Å². The predicted octanol–water partition coefficient (Wildman–Crippen LogP) is 2.70. The summed E-state index contributed by atoms with van der Waals surface area (Å²) in [6.45, 7) is 11.9. The second-order valence-corrected chi connectivity index (χ2v) is 6.33. The maximum absolute atomic E-state index is 11.8. The van der Waals surface area contributed by atoms with E-state index in [4.69, 9.17) is 10.5 Å². The minimum Gasteiger partial charge on any atom is -0.490 e. The maximum Gasteiger partial charge on any atom is 0.237 e. The smallest absolute Gasteiger partial charge is 0.237 e. The summed E-state index contributed by atoms with van der Waals surface area (Å²) in [5, 5.41) is 3.24. The first-order valence-corrected chi connectivity index (χ1v) is 7.46. The Bertz CT molecular complexity index is 500. The van der Waals surface area contributed by atoms with Crippen LogP contribution in [0.4, 0.5) is 0 Å². The first kappa shape index (κ1) is 17.5. The van der Waals surface area contributed by atoms with Gasteiger partial charge in [-0.1, -0.05) is 12.1 Å². The molecular weight excluding hydrogens is 264 g/mol. The van der Waals surface area contributed by atoms with Crippen LogP contribution in [-0.2, 0) is 4.79 Å². The number of rotatable bonds is 7. The van der Waals surface area contributed by atoms with Gasteiger partial charge in [-0.2, -0.15) is 0 Å². The number of benzene rings is 1. The summed E-state index contributed by atoms with van der Waals surface area (Å²) >= 11 is 0. The molecule has 1 amide bonds. The van der Waals surface area contributed by atoms with E-state index in [-0.39, 0.29) is 18.1 Å². The van der Waals surface area contributed by atoms with Gasteiger partial charge in [0.15, 0.2) is 0 Å². The van der Waals surface area contributed by atoms with Crippen molar-refractivity contribution >= 4 is 5.91 Å². The molecule has 4 heteroatoms. The first-order chi connectivity index (χ1) is 9.65. The molecule has 2 unspecified atom stereocenters. The van der Waals surface area contributed by atoms with E-state index < -0.39 is 5.54 Å². The highest BCUT2D eigenvalue weighted by Gasteiger charge is 2.34. The van der Waals surface area contributed by atoms with Crippen molar-refractivity contribution in [3.05, 3.63) is 29.3 Å². The predicted molar refractivity (Wildman–Crippen MR) is 86.5 cm³/mol. The molecule has 0 fully saturated rings. The van der Waals surface area contributed by atoms with Gasteiger partial charge >= 0.3 is 0 Å². The molecule has 21 heavy (non-hydrogen) atoms. The van der Waals surface area contributed by atoms with E-state index in [0.717, 1.165) is 11.3 Å². The highest BCUT2D eigenvalue weighted by atomic mass is 16.5. The lowest BCUT2D eigenvalue weighted by Gasteiger charge is -2.32. The number of carbonyl (C=O) groups excluding carboxylic acids is 1. The van der Waals surface area contributed by atoms with Crippen molar-refractivity contribution < 1.29 is 9.53 Å². The molecule has 0 aliphatic heterocycles. The van der Waals surface area contributed by atoms with Crippen molar-refractivity contribution in [1.82, 2.24) is 5.32 Å². The number of amides is 1. The molecule has 0 aliphatic carbocycles. The number of primary amides is 1. The van der Waals surface area contributed by atoms with Gasteiger partial charge in [-0.05, 0) is 58.7 Å². The molecule has 0 saturated carbocycles. The molecule has 0 radical (unpaired) electrons. The van der Waals surface area contributed by atoms with Crippen LogP contribution in [0.15, 0.2) is 18.2 Å². The Hall–Kier alpha value is -1.55. The largest absolute Gasteiger partial charge is 0.490 e. The fourth-order valence-corrected chi connectivity index (χ4v) is 2.55. The zero-order chi connectivity index (χ0) is 16.2. The zero-order valence-corrected chi connectivity index (χ0v) is 14.0. The molecular formula is C17H28N2O2. The standard InChI is InChI=1S/C17H28N2O2/c1-11(2)19-17(6,16(18)20)10-13(4)21-15-9-7-8-12(3)14(15)5/h7-9,11,13,19H,10H2,1-6H3,(H2,18,20). The van der Waals surface area contributed by atoms with Crippen molar-refractivity contribution in [3.8, 4) is 5.75 Å². The Morgan fingerprint density at radius 3 is 2.48 bits per heavy atom. The quantitative estimate of drug-likeness (QED) is 0.812. The van der Waals surface area contributed by atoms with Crippen LogP contribution >= 0.6 is 0 Å². The average molecular weight is 292 g/mol. The molecule has 1 aromatic carbocycles. The first-order valence-electron chi connectivity index (χ1n) is 7.46. The van der Waals surface area contributed by atoms with Crippen LogP contribution < -0.4 is 15.8 Å². The lowest BCUT2D eigenvalue weighted by atomic mass is 9.93. The fraction of sp³-hybridized carbons (Fsp3) is 0.588. The van der Waals surface area contributed by atoms with Crippen molar-refractivity contribution in [2.75, 3.05) is 0 Å². The summed E-state index contributed by atoms with van der Waals surface area (Å²) in [4.78, 5) is 11.8. The fourth-order valence-electron chi connectivity index (χ4n) is 2.55. The Morgan fingerprint density at radius 1 is 1.33 bits per heavy atom. The highest BCUT2D eigenvalue weighted by Crippen LogP contribution is 2.24. The third-order valence-corrected chi connectivity index (χ3v) is 3.73. The molecule has 0 aromatic heterocycles. The summed E-state index contributed by atoms with van der Waals surface area (Å²) in [7, 11) is 0. The second kappa shape index (κ2) is 6.94. The van der Waals surface area contributed by atoms with Crippen LogP contribution in [0.5, 0.6) is 5.75 Å². The van der Waals surface area contributed by atoms with E-state index >= 15 is 0 Å². The molecule has 1 aromatic rings. The minimum atomic E-state index is -0.773. The average Bonchev–Trinajstić information content (AvgIpc) is 2.33. The number of nitrogens with two attached hydrogens (primary N) is 1. The van der Waals surface area contributed by atoms with Gasteiger partial charge in [-0.25, -0.2) is 0 Å². The molecule has 4 nitrogen and oxygen atoms in total. The zero-order valence-electron chi connectivity index (χ0n) is 14.0. The second-order valence-electron chi connectivity index (χ2n) is 6.33. The summed E-state index contributed by atoms with van der Waals surface area (Å²) in [5.41, 5.74) is 7.10. The lowest BCUT2D eigenvalue weighted by Crippen LogP contribution is -2.57. The molecule has 118 valence electrons. The van der Waals surface area contributed by atoms with Gasteiger partial charge in [0.05, 0.1) is 11.6 Å². The number of nitrogens with one attached hydrogen (secondary N) is 1. The van der Waals surface area contributed by atoms with E-state index in [0.29, 0.717) is 6.42 Å². The lowest BCUT2D eigenvalue weighted by molar-refractivity contribution is -0.125. The SMILES string of the molecule is Cc1cccc(OC(C)CC(C)(NC(C)C)C(N)=O)c1C. The number of aryl methyl sites for hydroxylation is 1. The Balaban J connectivity index is 2.81. The Morgan fingerprint density at radius 2 is 1.95 bits per heavy atom. The minimum absolute atomic E-state index is 0.116. The topological polar surface area (TPSA) is 64.3 Å². The van der Waals surface area contributed by atoms with Crippen LogP contribution in [0.2, 0.25) is 0 Å². The number of hydrogen-bond acceptors (Lipinski definition) is 3. The summed E-state index contributed by atoms with van der Waals surface area (Å²) < 4.78 is 6.01. The van der Waals surface area contributed by atoms with Crippen LogP contribution in [0.25, 0.3) is 0 Å². The monoisotopic (exact) mass is 292 g/mol. The molecule has 3 N–H and O–H groups in total. The maximum atomic E-state index is 11.8. The van der Waals surface area contributed by atoms with Crippen molar-refractivity contribution in [2.45, 2.75) is 65.6 Å². The van der Waals surface area contributed by atoms with Gasteiger partial charge in [0.1, 0.15) is 5.75 Å². The summed E-state index contributed by atoms with van der Waals surface area (Å²) in [6.07, 6.45) is 0.405. The Kier molecular flexibility index (Phi) is 5.78.